The molecule has 3 fully saturated rings. The van der Waals surface area contributed by atoms with Crippen LogP contribution in [0.25, 0.3) is 0 Å². The van der Waals surface area contributed by atoms with Crippen LogP contribution in [0.3, 0.4) is 0 Å². The second-order valence-corrected chi connectivity index (χ2v) is 13.7. The zero-order valence-corrected chi connectivity index (χ0v) is 24.2. The summed E-state index contributed by atoms with van der Waals surface area (Å²) in [5.74, 6) is -1.65. The van der Waals surface area contributed by atoms with E-state index < -0.39 is 11.5 Å². The maximum absolute atomic E-state index is 12.8. The Morgan fingerprint density at radius 2 is 1.74 bits per heavy atom. The van der Waals surface area contributed by atoms with Crippen molar-refractivity contribution in [2.24, 2.45) is 27.6 Å². The van der Waals surface area contributed by atoms with Gasteiger partial charge in [-0.1, -0.05) is 45.4 Å². The number of carboxylic acids is 1. The van der Waals surface area contributed by atoms with Gasteiger partial charge in [0.2, 0.25) is 11.7 Å². The molecule has 3 saturated carbocycles. The van der Waals surface area contributed by atoms with E-state index in [-0.39, 0.29) is 58.1 Å². The van der Waals surface area contributed by atoms with E-state index in [0.717, 1.165) is 43.3 Å². The number of aliphatic carboxylic acids is 1. The van der Waals surface area contributed by atoms with E-state index >= 15 is 0 Å². The quantitative estimate of drug-likeness (QED) is 0.422. The van der Waals surface area contributed by atoms with E-state index in [0.29, 0.717) is 18.4 Å². The summed E-state index contributed by atoms with van der Waals surface area (Å²) in [5.41, 5.74) is 1.82. The van der Waals surface area contributed by atoms with Crippen molar-refractivity contribution in [3.63, 3.8) is 0 Å². The monoisotopic (exact) mass is 537 g/mol. The zero-order valence-electron chi connectivity index (χ0n) is 24.2. The first-order valence-corrected chi connectivity index (χ1v) is 14.3. The standard InChI is InChI=1S/C32H43NO6/c1-19-20-7-8-23-29(3,21(20)17-22(34)26(19)36)12-14-31(5)24-18-32(27(37)38,33-25(35)9-16-39-6)15-11-28(24,2)10-13-30(23,31)4/h7-8,17,24,36H,9-16,18H2,1-6H3,(H,33,35)(H,37,38)/t24-,28+,29+,30-,31+,32+/m1/s1. The van der Waals surface area contributed by atoms with Gasteiger partial charge in [-0.05, 0) is 91.3 Å². The molecule has 5 rings (SSSR count). The van der Waals surface area contributed by atoms with Gasteiger partial charge >= 0.3 is 5.97 Å². The van der Waals surface area contributed by atoms with Crippen LogP contribution >= 0.6 is 0 Å². The van der Waals surface area contributed by atoms with Crippen LogP contribution in [0.2, 0.25) is 0 Å². The van der Waals surface area contributed by atoms with E-state index in [1.807, 2.05) is 6.92 Å². The number of rotatable bonds is 5. The number of allylic oxidation sites excluding steroid dienone is 7. The Kier molecular flexibility index (Phi) is 6.38. The number of carbonyl (C=O) groups is 3. The highest BCUT2D eigenvalue weighted by molar-refractivity contribution is 6.06. The summed E-state index contributed by atoms with van der Waals surface area (Å²) in [6.45, 7) is 11.3. The van der Waals surface area contributed by atoms with Crippen LogP contribution in [0.1, 0.15) is 86.0 Å². The van der Waals surface area contributed by atoms with E-state index in [1.165, 1.54) is 12.7 Å². The highest BCUT2D eigenvalue weighted by Gasteiger charge is 2.68. The molecular weight excluding hydrogens is 494 g/mol. The maximum Gasteiger partial charge on any atom is 0.329 e. The minimum atomic E-state index is -1.29. The fourth-order valence-electron chi connectivity index (χ4n) is 9.18. The SMILES string of the molecule is COCCC(=O)N[C@@]1(C(=O)O)CC[C@]2(C)CC[C@]3(C)C4=CC=C5C(=CC(=O)C(O)=C5C)[C@]4(C)CC[C@@]3(C)[C@@H]2C1. The topological polar surface area (TPSA) is 113 Å². The first-order chi connectivity index (χ1) is 18.2. The Labute approximate surface area is 231 Å². The maximum atomic E-state index is 12.8. The molecule has 0 aromatic heterocycles. The van der Waals surface area contributed by atoms with E-state index in [9.17, 15) is 24.6 Å². The van der Waals surface area contributed by atoms with Crippen LogP contribution in [0.5, 0.6) is 0 Å². The third-order valence-electron chi connectivity index (χ3n) is 12.0. The number of hydrogen-bond donors (Lipinski definition) is 3. The largest absolute Gasteiger partial charge is 0.504 e. The Morgan fingerprint density at radius 1 is 1.05 bits per heavy atom. The summed E-state index contributed by atoms with van der Waals surface area (Å²) in [5, 5.41) is 23.8. The molecule has 6 atom stereocenters. The van der Waals surface area contributed by atoms with Crippen molar-refractivity contribution < 1.29 is 29.3 Å². The van der Waals surface area contributed by atoms with Crippen molar-refractivity contribution >= 4 is 17.7 Å². The molecule has 0 aromatic rings. The predicted molar refractivity (Wildman–Crippen MR) is 148 cm³/mol. The summed E-state index contributed by atoms with van der Waals surface area (Å²) in [4.78, 5) is 38.3. The van der Waals surface area contributed by atoms with Crippen LogP contribution < -0.4 is 5.32 Å². The number of carboxylic acid groups (broad SMARTS) is 1. The zero-order chi connectivity index (χ0) is 28.6. The normalized spacial score (nSPS) is 41.2. The summed E-state index contributed by atoms with van der Waals surface area (Å²) >= 11 is 0. The molecule has 0 spiro atoms. The number of nitrogens with one attached hydrogen (secondary N) is 1. The number of methoxy groups -OCH3 is 1. The average Bonchev–Trinajstić information content (AvgIpc) is 2.88. The first-order valence-electron chi connectivity index (χ1n) is 14.3. The van der Waals surface area contributed by atoms with E-state index in [1.54, 1.807) is 6.08 Å². The molecule has 5 aliphatic carbocycles. The van der Waals surface area contributed by atoms with Crippen molar-refractivity contribution in [3.8, 4) is 0 Å². The van der Waals surface area contributed by atoms with Crippen LogP contribution in [0, 0.1) is 27.6 Å². The molecule has 212 valence electrons. The van der Waals surface area contributed by atoms with Crippen LogP contribution in [0.15, 0.2) is 46.3 Å². The smallest absolute Gasteiger partial charge is 0.329 e. The van der Waals surface area contributed by atoms with Crippen molar-refractivity contribution in [3.05, 3.63) is 46.3 Å². The van der Waals surface area contributed by atoms with Gasteiger partial charge in [0, 0.05) is 24.5 Å². The molecule has 7 heteroatoms. The lowest BCUT2D eigenvalue weighted by Crippen LogP contribution is -2.66. The van der Waals surface area contributed by atoms with Gasteiger partial charge in [-0.3, -0.25) is 9.59 Å². The number of fused-ring (bicyclic) bond motifs is 7. The molecule has 0 bridgehead atoms. The fraction of sp³-hybridized carbons (Fsp3) is 0.656. The third kappa shape index (κ3) is 3.75. The minimum absolute atomic E-state index is 0.0143. The first kappa shape index (κ1) is 27.9. The number of aliphatic hydroxyl groups excluding tert-OH is 1. The molecule has 0 radical (unpaired) electrons. The molecule has 0 heterocycles. The molecule has 0 unspecified atom stereocenters. The number of carbonyl (C=O) groups excluding carboxylic acids is 2. The number of amides is 1. The number of ketones is 1. The van der Waals surface area contributed by atoms with E-state index in [2.05, 4.69) is 45.2 Å². The number of hydrogen-bond acceptors (Lipinski definition) is 5. The summed E-state index contributed by atoms with van der Waals surface area (Å²) < 4.78 is 5.05. The molecule has 0 aromatic carbocycles. The second kappa shape index (κ2) is 8.92. The minimum Gasteiger partial charge on any atom is -0.504 e. The second-order valence-electron chi connectivity index (χ2n) is 13.7. The van der Waals surface area contributed by atoms with Crippen LogP contribution in [-0.2, 0) is 19.1 Å². The number of ether oxygens (including phenoxy) is 1. The van der Waals surface area contributed by atoms with Gasteiger partial charge in [0.15, 0.2) is 5.76 Å². The Balaban J connectivity index is 1.57. The molecule has 3 N–H and O–H groups in total. The molecule has 39 heavy (non-hydrogen) atoms. The summed E-state index contributed by atoms with van der Waals surface area (Å²) in [7, 11) is 1.53. The van der Waals surface area contributed by atoms with Crippen LogP contribution in [-0.4, -0.2) is 47.1 Å². The van der Waals surface area contributed by atoms with Gasteiger partial charge < -0.3 is 20.3 Å². The average molecular weight is 538 g/mol. The lowest BCUT2D eigenvalue weighted by atomic mass is 9.35. The third-order valence-corrected chi connectivity index (χ3v) is 12.0. The Hall–Kier alpha value is -2.67. The van der Waals surface area contributed by atoms with Crippen molar-refractivity contribution in [1.29, 1.82) is 0 Å². The molecule has 1 amide bonds. The predicted octanol–water partition coefficient (Wildman–Crippen LogP) is 5.58. The highest BCUT2D eigenvalue weighted by Crippen LogP contribution is 2.75. The van der Waals surface area contributed by atoms with Crippen LogP contribution in [0.4, 0.5) is 0 Å². The highest BCUT2D eigenvalue weighted by atomic mass is 16.5. The lowest BCUT2D eigenvalue weighted by Gasteiger charge is -2.70. The molecular formula is C32H43NO6. The van der Waals surface area contributed by atoms with Gasteiger partial charge in [0.05, 0.1) is 6.61 Å². The Morgan fingerprint density at radius 3 is 2.41 bits per heavy atom. The van der Waals surface area contributed by atoms with Crippen molar-refractivity contribution in [1.82, 2.24) is 5.32 Å². The summed E-state index contributed by atoms with van der Waals surface area (Å²) in [6, 6.07) is 0. The molecule has 5 aliphatic rings. The van der Waals surface area contributed by atoms with Gasteiger partial charge in [0.25, 0.3) is 0 Å². The van der Waals surface area contributed by atoms with Crippen molar-refractivity contribution in [2.75, 3.05) is 13.7 Å². The summed E-state index contributed by atoms with van der Waals surface area (Å²) in [6.07, 6.45) is 11.3. The van der Waals surface area contributed by atoms with Gasteiger partial charge in [-0.2, -0.15) is 0 Å². The van der Waals surface area contributed by atoms with E-state index in [4.69, 9.17) is 4.74 Å². The van der Waals surface area contributed by atoms with Gasteiger partial charge in [-0.25, -0.2) is 4.79 Å². The van der Waals surface area contributed by atoms with Gasteiger partial charge in [0.1, 0.15) is 5.54 Å². The molecule has 7 nitrogen and oxygen atoms in total. The lowest BCUT2D eigenvalue weighted by molar-refractivity contribution is -0.173. The number of aliphatic hydroxyl groups is 1. The molecule has 0 saturated heterocycles. The van der Waals surface area contributed by atoms with Gasteiger partial charge in [-0.15, -0.1) is 0 Å². The fourth-order valence-corrected chi connectivity index (χ4v) is 9.18. The molecule has 0 aliphatic heterocycles. The Bertz CT molecular complexity index is 1270. The van der Waals surface area contributed by atoms with Crippen molar-refractivity contribution in [2.45, 2.75) is 91.5 Å².